The molecule has 0 heterocycles. The molecule has 1 atom stereocenters. The van der Waals surface area contributed by atoms with Crippen LogP contribution in [-0.4, -0.2) is 18.6 Å². The zero-order valence-corrected chi connectivity index (χ0v) is 9.04. The molecule has 0 bridgehead atoms. The fourth-order valence-corrected chi connectivity index (χ4v) is 1.49. The number of ether oxygens (including phenoxy) is 1. The SMILES string of the molecule is [C-]#[N+]C(CC=C)(CC(C)C)C(=O)OC. The van der Waals surface area contributed by atoms with E-state index in [2.05, 4.69) is 16.2 Å². The molecule has 0 saturated carbocycles. The first-order valence-corrected chi connectivity index (χ1v) is 4.60. The fourth-order valence-electron chi connectivity index (χ4n) is 1.49. The Morgan fingerprint density at radius 2 is 2.29 bits per heavy atom. The third-order valence-corrected chi connectivity index (χ3v) is 2.01. The van der Waals surface area contributed by atoms with Crippen LogP contribution in [0.1, 0.15) is 26.7 Å². The lowest BCUT2D eigenvalue weighted by Gasteiger charge is -2.19. The van der Waals surface area contributed by atoms with Gasteiger partial charge in [-0.15, -0.1) is 6.58 Å². The van der Waals surface area contributed by atoms with E-state index < -0.39 is 11.5 Å². The van der Waals surface area contributed by atoms with Gasteiger partial charge in [0.15, 0.2) is 0 Å². The van der Waals surface area contributed by atoms with Gasteiger partial charge in [0.25, 0.3) is 0 Å². The van der Waals surface area contributed by atoms with Crippen molar-refractivity contribution in [2.75, 3.05) is 7.11 Å². The Labute approximate surface area is 85.6 Å². The lowest BCUT2D eigenvalue weighted by Crippen LogP contribution is -2.37. The summed E-state index contributed by atoms with van der Waals surface area (Å²) in [5.74, 6) is -0.177. The number of carbonyl (C=O) groups excluding carboxylic acids is 1. The van der Waals surface area contributed by atoms with E-state index in [9.17, 15) is 4.79 Å². The zero-order chi connectivity index (χ0) is 11.2. The molecule has 3 heteroatoms. The maximum atomic E-state index is 11.5. The molecular weight excluding hydrogens is 178 g/mol. The largest absolute Gasteiger partial charge is 0.463 e. The van der Waals surface area contributed by atoms with E-state index >= 15 is 0 Å². The molecule has 0 rings (SSSR count). The normalized spacial score (nSPS) is 14.2. The number of hydrogen-bond donors (Lipinski definition) is 0. The van der Waals surface area contributed by atoms with Crippen molar-refractivity contribution >= 4 is 5.97 Å². The first kappa shape index (κ1) is 12.7. The molecular formula is C11H17NO2. The highest BCUT2D eigenvalue weighted by Gasteiger charge is 2.46. The van der Waals surface area contributed by atoms with E-state index in [-0.39, 0.29) is 5.92 Å². The third kappa shape index (κ3) is 2.88. The molecule has 0 radical (unpaired) electrons. The molecule has 3 nitrogen and oxygen atoms in total. The van der Waals surface area contributed by atoms with Crippen LogP contribution in [0.4, 0.5) is 0 Å². The second-order valence-corrected chi connectivity index (χ2v) is 3.73. The van der Waals surface area contributed by atoms with Gasteiger partial charge in [0.05, 0.1) is 13.5 Å². The van der Waals surface area contributed by atoms with Gasteiger partial charge in [-0.2, -0.15) is 0 Å². The van der Waals surface area contributed by atoms with Gasteiger partial charge in [0.1, 0.15) is 0 Å². The van der Waals surface area contributed by atoms with E-state index in [0.717, 1.165) is 0 Å². The number of carbonyl (C=O) groups is 1. The number of nitrogens with zero attached hydrogens (tertiary/aromatic N) is 1. The molecule has 0 aromatic rings. The molecule has 0 spiro atoms. The minimum Gasteiger partial charge on any atom is -0.463 e. The van der Waals surface area contributed by atoms with Crippen molar-refractivity contribution in [3.05, 3.63) is 24.1 Å². The second kappa shape index (κ2) is 5.43. The van der Waals surface area contributed by atoms with Gasteiger partial charge >= 0.3 is 11.5 Å². The monoisotopic (exact) mass is 195 g/mol. The number of rotatable bonds is 5. The summed E-state index contributed by atoms with van der Waals surface area (Å²) in [5.41, 5.74) is -1.06. The van der Waals surface area contributed by atoms with Crippen LogP contribution in [0.25, 0.3) is 4.85 Å². The van der Waals surface area contributed by atoms with Gasteiger partial charge in [-0.1, -0.05) is 19.9 Å². The lowest BCUT2D eigenvalue weighted by molar-refractivity contribution is -0.145. The predicted octanol–water partition coefficient (Wildman–Crippen LogP) is 2.44. The van der Waals surface area contributed by atoms with Crippen molar-refractivity contribution in [3.8, 4) is 0 Å². The summed E-state index contributed by atoms with van der Waals surface area (Å²) in [6.07, 6.45) is 2.45. The summed E-state index contributed by atoms with van der Waals surface area (Å²) >= 11 is 0. The molecule has 0 N–H and O–H groups in total. The smallest absolute Gasteiger partial charge is 0.393 e. The van der Waals surface area contributed by atoms with Gasteiger partial charge in [0, 0.05) is 6.42 Å². The lowest BCUT2D eigenvalue weighted by atomic mass is 9.86. The van der Waals surface area contributed by atoms with Crippen molar-refractivity contribution in [1.82, 2.24) is 0 Å². The van der Waals surface area contributed by atoms with Gasteiger partial charge in [0.2, 0.25) is 0 Å². The number of methoxy groups -OCH3 is 1. The van der Waals surface area contributed by atoms with E-state index in [0.29, 0.717) is 12.8 Å². The Morgan fingerprint density at radius 1 is 1.71 bits per heavy atom. The van der Waals surface area contributed by atoms with Crippen LogP contribution in [0.15, 0.2) is 12.7 Å². The van der Waals surface area contributed by atoms with Crippen molar-refractivity contribution in [2.24, 2.45) is 5.92 Å². The summed E-state index contributed by atoms with van der Waals surface area (Å²) < 4.78 is 4.66. The van der Waals surface area contributed by atoms with Crippen LogP contribution in [0, 0.1) is 12.5 Å². The topological polar surface area (TPSA) is 30.7 Å². The maximum absolute atomic E-state index is 11.5. The number of esters is 1. The van der Waals surface area contributed by atoms with Gasteiger partial charge < -0.3 is 4.74 Å². The minimum absolute atomic E-state index is 0.281. The molecule has 0 saturated heterocycles. The zero-order valence-electron chi connectivity index (χ0n) is 9.04. The first-order chi connectivity index (χ1) is 6.52. The van der Waals surface area contributed by atoms with E-state index in [4.69, 9.17) is 6.57 Å². The molecule has 0 amide bonds. The van der Waals surface area contributed by atoms with Crippen LogP contribution in [-0.2, 0) is 9.53 Å². The van der Waals surface area contributed by atoms with Crippen LogP contribution in [0.3, 0.4) is 0 Å². The Morgan fingerprint density at radius 3 is 2.57 bits per heavy atom. The summed E-state index contributed by atoms with van der Waals surface area (Å²) in [6, 6.07) is 0. The van der Waals surface area contributed by atoms with Crippen LogP contribution >= 0.6 is 0 Å². The van der Waals surface area contributed by atoms with Crippen molar-refractivity contribution in [2.45, 2.75) is 32.2 Å². The molecule has 1 unspecified atom stereocenters. The maximum Gasteiger partial charge on any atom is 0.393 e. The fraction of sp³-hybridized carbons (Fsp3) is 0.636. The quantitative estimate of drug-likeness (QED) is 0.383. The van der Waals surface area contributed by atoms with Crippen molar-refractivity contribution in [1.29, 1.82) is 0 Å². The second-order valence-electron chi connectivity index (χ2n) is 3.73. The number of hydrogen-bond acceptors (Lipinski definition) is 2. The Hall–Kier alpha value is -1.30. The predicted molar refractivity (Wildman–Crippen MR) is 55.6 cm³/mol. The van der Waals surface area contributed by atoms with E-state index in [1.165, 1.54) is 7.11 Å². The molecule has 0 aliphatic rings. The Kier molecular flexibility index (Phi) is 4.93. The average Bonchev–Trinajstić information content (AvgIpc) is 2.15. The van der Waals surface area contributed by atoms with Crippen LogP contribution < -0.4 is 0 Å². The highest BCUT2D eigenvalue weighted by molar-refractivity contribution is 5.83. The van der Waals surface area contributed by atoms with Gasteiger partial charge in [-0.25, -0.2) is 11.4 Å². The summed E-state index contributed by atoms with van der Waals surface area (Å²) in [4.78, 5) is 14.9. The first-order valence-electron chi connectivity index (χ1n) is 4.60. The molecule has 0 fully saturated rings. The van der Waals surface area contributed by atoms with Crippen LogP contribution in [0.2, 0.25) is 0 Å². The van der Waals surface area contributed by atoms with E-state index in [1.54, 1.807) is 6.08 Å². The Balaban J connectivity index is 4.89. The molecule has 0 aromatic carbocycles. The van der Waals surface area contributed by atoms with Gasteiger partial charge in [-0.05, 0) is 5.92 Å². The molecule has 0 aliphatic carbocycles. The summed E-state index contributed by atoms with van der Waals surface area (Å²) in [7, 11) is 1.31. The van der Waals surface area contributed by atoms with Crippen LogP contribution in [0.5, 0.6) is 0 Å². The minimum atomic E-state index is -1.06. The summed E-state index contributed by atoms with van der Waals surface area (Å²) in [5, 5.41) is 0. The summed E-state index contributed by atoms with van der Waals surface area (Å²) in [6.45, 7) is 14.6. The van der Waals surface area contributed by atoms with Crippen molar-refractivity contribution < 1.29 is 9.53 Å². The molecule has 0 aliphatic heterocycles. The highest BCUT2D eigenvalue weighted by atomic mass is 16.5. The molecule has 78 valence electrons. The Bertz CT molecular complexity index is 253. The molecule has 0 aromatic heterocycles. The standard InChI is InChI=1S/C11H17NO2/c1-6-7-11(12-4,8-9(2)3)10(13)14-5/h6,9H,1,7-8H2,2-3,5H3. The molecule has 14 heavy (non-hydrogen) atoms. The average molecular weight is 195 g/mol. The van der Waals surface area contributed by atoms with Crippen molar-refractivity contribution in [3.63, 3.8) is 0 Å². The highest BCUT2D eigenvalue weighted by Crippen LogP contribution is 2.27. The third-order valence-electron chi connectivity index (χ3n) is 2.01. The van der Waals surface area contributed by atoms with E-state index in [1.807, 2.05) is 13.8 Å². The van der Waals surface area contributed by atoms with Gasteiger partial charge in [-0.3, -0.25) is 4.85 Å².